The van der Waals surface area contributed by atoms with E-state index in [4.69, 9.17) is 9.47 Å². The van der Waals surface area contributed by atoms with Crippen LogP contribution in [-0.2, 0) is 20.8 Å². The van der Waals surface area contributed by atoms with Crippen molar-refractivity contribution in [3.05, 3.63) is 24.5 Å². The van der Waals surface area contributed by atoms with Crippen LogP contribution in [0.4, 0.5) is 5.69 Å². The van der Waals surface area contributed by atoms with Crippen molar-refractivity contribution < 1.29 is 18.8 Å². The van der Waals surface area contributed by atoms with Gasteiger partial charge in [0.1, 0.15) is 6.10 Å². The molecule has 5 saturated carbocycles. The van der Waals surface area contributed by atoms with E-state index in [1.54, 1.807) is 0 Å². The van der Waals surface area contributed by atoms with E-state index in [0.717, 1.165) is 36.5 Å². The summed E-state index contributed by atoms with van der Waals surface area (Å²) < 4.78 is 15.1. The van der Waals surface area contributed by atoms with E-state index in [0.29, 0.717) is 33.7 Å². The number of ether oxygens (including phenoxy) is 2. The van der Waals surface area contributed by atoms with Crippen LogP contribution in [0.3, 0.4) is 0 Å². The summed E-state index contributed by atoms with van der Waals surface area (Å²) in [7, 11) is 4.07. The first kappa shape index (κ1) is 32.0. The molecule has 6 aliphatic rings. The van der Waals surface area contributed by atoms with Gasteiger partial charge in [0.25, 0.3) is 0 Å². The van der Waals surface area contributed by atoms with Crippen LogP contribution in [0, 0.1) is 56.2 Å². The Morgan fingerprint density at radius 2 is 1.56 bits per heavy atom. The van der Waals surface area contributed by atoms with E-state index in [-0.39, 0.29) is 29.4 Å². The topological polar surface area (TPSA) is 42.7 Å². The second-order valence-electron chi connectivity index (χ2n) is 19.0. The number of aromatic nitrogens is 1. The molecule has 1 aromatic rings. The first-order valence-electron chi connectivity index (χ1n) is 18.6. The summed E-state index contributed by atoms with van der Waals surface area (Å²) in [6.07, 6.45) is 18.7. The number of rotatable bonds is 4. The number of hydrogen-bond acceptors (Lipinski definition) is 4. The lowest BCUT2D eigenvalue weighted by molar-refractivity contribution is -0.686. The first-order valence-corrected chi connectivity index (χ1v) is 18.6. The Balaban J connectivity index is 1.11. The smallest absolute Gasteiger partial charge is 0.372 e. The van der Waals surface area contributed by atoms with E-state index < -0.39 is 0 Å². The maximum Gasteiger partial charge on any atom is 0.372 e. The SMILES string of the molecule is CN(C)c1cc[n+](CC(=O)OC2CCC3(C)C(CCC4(C)C3CCC3C5C6OCCC5(CCC6(C)C)CC[C@]34C)C2(C)C)cc1. The number of carbonyl (C=O) groups is 1. The van der Waals surface area contributed by atoms with Gasteiger partial charge in [0.2, 0.25) is 6.54 Å². The van der Waals surface area contributed by atoms with Crippen molar-refractivity contribution in [3.8, 4) is 0 Å². The molecule has 7 rings (SSSR count). The molecular weight excluding hydrogens is 556 g/mol. The Morgan fingerprint density at radius 1 is 0.844 bits per heavy atom. The molecule has 0 amide bonds. The maximum absolute atomic E-state index is 13.3. The van der Waals surface area contributed by atoms with Crippen LogP contribution in [0.2, 0.25) is 0 Å². The minimum Gasteiger partial charge on any atom is -0.457 e. The third-order valence-electron chi connectivity index (χ3n) is 16.4. The van der Waals surface area contributed by atoms with Crippen LogP contribution in [0.25, 0.3) is 0 Å². The van der Waals surface area contributed by atoms with E-state index in [1.807, 2.05) is 31.1 Å². The Morgan fingerprint density at radius 3 is 2.27 bits per heavy atom. The van der Waals surface area contributed by atoms with Gasteiger partial charge in [-0.2, -0.15) is 4.57 Å². The van der Waals surface area contributed by atoms with Gasteiger partial charge in [-0.15, -0.1) is 0 Å². The van der Waals surface area contributed by atoms with Gasteiger partial charge in [0.15, 0.2) is 12.4 Å². The van der Waals surface area contributed by atoms with Crippen molar-refractivity contribution in [3.63, 3.8) is 0 Å². The number of pyridine rings is 1. The molecule has 2 bridgehead atoms. The molecule has 5 heteroatoms. The molecule has 5 aliphatic carbocycles. The molecule has 9 unspecified atom stereocenters. The second-order valence-corrected chi connectivity index (χ2v) is 19.0. The summed E-state index contributed by atoms with van der Waals surface area (Å²) in [5.41, 5.74) is 2.94. The van der Waals surface area contributed by atoms with Crippen molar-refractivity contribution in [2.24, 2.45) is 56.2 Å². The fraction of sp³-hybridized carbons (Fsp3) is 0.850. The summed E-state index contributed by atoms with van der Waals surface area (Å²) in [4.78, 5) is 15.4. The number of fused-ring (bicyclic) bond motifs is 5. The van der Waals surface area contributed by atoms with Crippen LogP contribution in [-0.4, -0.2) is 38.9 Å². The average molecular weight is 620 g/mol. The highest BCUT2D eigenvalue weighted by molar-refractivity contribution is 5.68. The highest BCUT2D eigenvalue weighted by Gasteiger charge is 2.72. The molecule has 10 atom stereocenters. The number of hydrogen-bond donors (Lipinski definition) is 0. The van der Waals surface area contributed by atoms with Crippen molar-refractivity contribution >= 4 is 11.7 Å². The summed E-state index contributed by atoms with van der Waals surface area (Å²) in [6, 6.07) is 4.11. The van der Waals surface area contributed by atoms with E-state index in [2.05, 4.69) is 65.5 Å². The molecule has 6 fully saturated rings. The molecule has 45 heavy (non-hydrogen) atoms. The fourth-order valence-corrected chi connectivity index (χ4v) is 13.7. The summed E-state index contributed by atoms with van der Waals surface area (Å²) in [6.45, 7) is 19.3. The molecule has 0 radical (unpaired) electrons. The largest absolute Gasteiger partial charge is 0.457 e. The quantitative estimate of drug-likeness (QED) is 0.252. The van der Waals surface area contributed by atoms with Crippen LogP contribution >= 0.6 is 0 Å². The molecule has 1 aromatic heterocycles. The standard InChI is InChI=1S/C40H63N2O3/c1-35(2)18-20-40-21-19-38(6)28(33(40)34(35)44-25-22-40)10-11-30-37(5)16-13-31(36(3,4)29(37)12-17-39(30,38)7)45-32(43)26-42-23-14-27(15-24-42)41(8)9/h14-15,23-24,28-31,33-34H,10-13,16-22,25-26H2,1-9H3/q+1/t28?,29?,30?,31?,33?,34?,37?,38-,39?,40?/m1/s1. The lowest BCUT2D eigenvalue weighted by Crippen LogP contribution is -2.70. The second kappa shape index (κ2) is 10.4. The van der Waals surface area contributed by atoms with Crippen molar-refractivity contribution in [2.45, 2.75) is 138 Å². The average Bonchev–Trinajstić information content (AvgIpc) is 2.97. The van der Waals surface area contributed by atoms with Gasteiger partial charge in [0, 0.05) is 43.9 Å². The van der Waals surface area contributed by atoms with Crippen molar-refractivity contribution in [2.75, 3.05) is 25.6 Å². The molecule has 1 saturated heterocycles. The van der Waals surface area contributed by atoms with Crippen LogP contribution < -0.4 is 9.47 Å². The number of esters is 1. The minimum atomic E-state index is -0.104. The maximum atomic E-state index is 13.3. The van der Waals surface area contributed by atoms with Gasteiger partial charge in [0.05, 0.1) is 6.10 Å². The highest BCUT2D eigenvalue weighted by Crippen LogP contribution is 2.78. The molecule has 5 nitrogen and oxygen atoms in total. The summed E-state index contributed by atoms with van der Waals surface area (Å²) in [5, 5.41) is 0. The summed E-state index contributed by atoms with van der Waals surface area (Å²) in [5.74, 6) is 2.73. The fourth-order valence-electron chi connectivity index (χ4n) is 13.7. The van der Waals surface area contributed by atoms with E-state index in [9.17, 15) is 4.79 Å². The molecular formula is C40H63N2O3+. The monoisotopic (exact) mass is 619 g/mol. The lowest BCUT2D eigenvalue weighted by Gasteiger charge is -2.75. The molecule has 0 N–H and O–H groups in total. The van der Waals surface area contributed by atoms with Crippen LogP contribution in [0.1, 0.15) is 119 Å². The lowest BCUT2D eigenvalue weighted by atomic mass is 9.31. The Bertz CT molecular complexity index is 1300. The molecule has 0 aromatic carbocycles. The third kappa shape index (κ3) is 4.54. The molecule has 0 spiro atoms. The van der Waals surface area contributed by atoms with Gasteiger partial charge < -0.3 is 14.4 Å². The normalized spacial score (nSPS) is 46.1. The third-order valence-corrected chi connectivity index (χ3v) is 16.4. The van der Waals surface area contributed by atoms with Gasteiger partial charge in [-0.05, 0) is 121 Å². The molecule has 1 aliphatic heterocycles. The number of anilines is 1. The Labute approximate surface area is 274 Å². The minimum absolute atomic E-state index is 0.0171. The summed E-state index contributed by atoms with van der Waals surface area (Å²) >= 11 is 0. The predicted molar refractivity (Wildman–Crippen MR) is 180 cm³/mol. The van der Waals surface area contributed by atoms with Gasteiger partial charge >= 0.3 is 5.97 Å². The number of carbonyl (C=O) groups excluding carboxylic acids is 1. The van der Waals surface area contributed by atoms with Gasteiger partial charge in [-0.1, -0.05) is 48.5 Å². The Hall–Kier alpha value is -1.62. The highest BCUT2D eigenvalue weighted by atomic mass is 16.5. The zero-order valence-corrected chi connectivity index (χ0v) is 30.1. The van der Waals surface area contributed by atoms with Gasteiger partial charge in [-0.25, -0.2) is 4.79 Å². The van der Waals surface area contributed by atoms with Crippen LogP contribution in [0.15, 0.2) is 24.5 Å². The molecule has 250 valence electrons. The predicted octanol–water partition coefficient (Wildman–Crippen LogP) is 8.23. The molecule has 2 heterocycles. The van der Waals surface area contributed by atoms with E-state index in [1.165, 1.54) is 64.2 Å². The zero-order valence-electron chi connectivity index (χ0n) is 30.1. The Kier molecular flexibility index (Phi) is 7.41. The van der Waals surface area contributed by atoms with Crippen molar-refractivity contribution in [1.29, 1.82) is 0 Å². The van der Waals surface area contributed by atoms with E-state index >= 15 is 0 Å². The number of nitrogens with zero attached hydrogens (tertiary/aromatic N) is 2. The van der Waals surface area contributed by atoms with Gasteiger partial charge in [-0.3, -0.25) is 0 Å². The zero-order chi connectivity index (χ0) is 32.2. The first-order chi connectivity index (χ1) is 21.1. The van der Waals surface area contributed by atoms with Crippen molar-refractivity contribution in [1.82, 2.24) is 0 Å². The van der Waals surface area contributed by atoms with Crippen LogP contribution in [0.5, 0.6) is 0 Å².